The normalized spacial score (nSPS) is 13.4. The number of hydrogen-bond donors (Lipinski definition) is 1. The maximum absolute atomic E-state index is 12.6. The molecule has 1 saturated heterocycles. The number of aromatic nitrogens is 2. The molecule has 0 atom stereocenters. The third-order valence-electron chi connectivity index (χ3n) is 5.02. The Morgan fingerprint density at radius 2 is 1.81 bits per heavy atom. The van der Waals surface area contributed by atoms with Gasteiger partial charge < -0.3 is 4.74 Å². The molecule has 1 fully saturated rings. The number of nitrogens with one attached hydrogen (secondary N) is 1. The molecule has 1 aliphatic heterocycles. The van der Waals surface area contributed by atoms with Crippen LogP contribution in [0.2, 0.25) is 0 Å². The predicted molar refractivity (Wildman–Crippen MR) is 113 cm³/mol. The molecule has 0 saturated carbocycles. The third-order valence-corrected chi connectivity index (χ3v) is 5.02. The standard InChI is InChI=1S/C23H19N5O4/c1-15-19(13-24)20(27(25-15)17-5-3-2-4-6-17)14-32-23(31)16-7-9-18(10-8-16)28-22(30)12-11-21(29)26-28/h2-10H,11-12,14H2,1H3,(H,26,29). The molecule has 0 aliphatic carbocycles. The fraction of sp³-hybridized carbons (Fsp3) is 0.174. The Balaban J connectivity index is 1.50. The molecule has 1 aromatic heterocycles. The first-order valence-electron chi connectivity index (χ1n) is 9.91. The molecule has 9 nitrogen and oxygen atoms in total. The molecule has 0 unspecified atom stereocenters. The summed E-state index contributed by atoms with van der Waals surface area (Å²) in [5.74, 6) is -1.06. The average molecular weight is 429 g/mol. The van der Waals surface area contributed by atoms with E-state index in [1.165, 1.54) is 17.1 Å². The van der Waals surface area contributed by atoms with Crippen LogP contribution in [0.25, 0.3) is 5.69 Å². The van der Waals surface area contributed by atoms with Gasteiger partial charge in [-0.2, -0.15) is 10.4 Å². The van der Waals surface area contributed by atoms with Crippen molar-refractivity contribution in [3.8, 4) is 11.8 Å². The molecule has 32 heavy (non-hydrogen) atoms. The van der Waals surface area contributed by atoms with Gasteiger partial charge in [0.2, 0.25) is 11.8 Å². The van der Waals surface area contributed by atoms with E-state index in [1.807, 2.05) is 30.3 Å². The van der Waals surface area contributed by atoms with Crippen LogP contribution in [0, 0.1) is 18.3 Å². The van der Waals surface area contributed by atoms with Crippen molar-refractivity contribution >= 4 is 23.5 Å². The summed E-state index contributed by atoms with van der Waals surface area (Å²) in [5, 5.41) is 15.1. The smallest absolute Gasteiger partial charge is 0.338 e. The Kier molecular flexibility index (Phi) is 5.68. The van der Waals surface area contributed by atoms with Crippen molar-refractivity contribution in [2.45, 2.75) is 26.4 Å². The highest BCUT2D eigenvalue weighted by molar-refractivity contribution is 6.01. The first-order chi connectivity index (χ1) is 15.5. The number of benzene rings is 2. The van der Waals surface area contributed by atoms with Gasteiger partial charge in [0.05, 0.1) is 28.3 Å². The average Bonchev–Trinajstić information content (AvgIpc) is 3.14. The maximum Gasteiger partial charge on any atom is 0.338 e. The predicted octanol–water partition coefficient (Wildman–Crippen LogP) is 2.57. The minimum Gasteiger partial charge on any atom is -0.456 e. The van der Waals surface area contributed by atoms with E-state index < -0.39 is 5.97 Å². The van der Waals surface area contributed by atoms with E-state index in [0.717, 1.165) is 5.69 Å². The minimum atomic E-state index is -0.590. The highest BCUT2D eigenvalue weighted by Crippen LogP contribution is 2.21. The molecule has 9 heteroatoms. The highest BCUT2D eigenvalue weighted by atomic mass is 16.5. The van der Waals surface area contributed by atoms with Crippen LogP contribution in [0.3, 0.4) is 0 Å². The lowest BCUT2D eigenvalue weighted by Gasteiger charge is -2.27. The van der Waals surface area contributed by atoms with Crippen LogP contribution in [-0.2, 0) is 20.9 Å². The van der Waals surface area contributed by atoms with Crippen LogP contribution in [0.15, 0.2) is 54.6 Å². The van der Waals surface area contributed by atoms with Crippen molar-refractivity contribution < 1.29 is 19.1 Å². The van der Waals surface area contributed by atoms with Gasteiger partial charge in [-0.3, -0.25) is 15.0 Å². The molecule has 2 aromatic carbocycles. The van der Waals surface area contributed by atoms with E-state index in [1.54, 1.807) is 23.7 Å². The second kappa shape index (κ2) is 8.73. The fourth-order valence-corrected chi connectivity index (χ4v) is 3.38. The highest BCUT2D eigenvalue weighted by Gasteiger charge is 2.24. The minimum absolute atomic E-state index is 0.130. The van der Waals surface area contributed by atoms with Gasteiger partial charge in [0, 0.05) is 12.8 Å². The van der Waals surface area contributed by atoms with Gasteiger partial charge in [0.1, 0.15) is 18.2 Å². The molecular formula is C23H19N5O4. The lowest BCUT2D eigenvalue weighted by molar-refractivity contribution is -0.130. The first-order valence-corrected chi connectivity index (χ1v) is 9.91. The second-order valence-electron chi connectivity index (χ2n) is 7.15. The number of carbonyl (C=O) groups is 3. The summed E-state index contributed by atoms with van der Waals surface area (Å²) in [6, 6.07) is 17.5. The van der Waals surface area contributed by atoms with Crippen molar-refractivity contribution in [2.75, 3.05) is 5.01 Å². The van der Waals surface area contributed by atoms with Crippen molar-refractivity contribution in [1.29, 1.82) is 5.26 Å². The van der Waals surface area contributed by atoms with Crippen LogP contribution in [0.4, 0.5) is 5.69 Å². The van der Waals surface area contributed by atoms with Crippen molar-refractivity contribution in [3.63, 3.8) is 0 Å². The molecule has 2 heterocycles. The van der Waals surface area contributed by atoms with Crippen molar-refractivity contribution in [2.24, 2.45) is 0 Å². The number of rotatable bonds is 5. The lowest BCUT2D eigenvalue weighted by atomic mass is 10.1. The van der Waals surface area contributed by atoms with Crippen LogP contribution < -0.4 is 10.4 Å². The molecule has 0 spiro atoms. The van der Waals surface area contributed by atoms with Crippen LogP contribution in [-0.4, -0.2) is 27.6 Å². The molecule has 1 aliphatic rings. The molecule has 2 amide bonds. The van der Waals surface area contributed by atoms with Gasteiger partial charge in [0.15, 0.2) is 0 Å². The number of anilines is 1. The maximum atomic E-state index is 12.6. The Bertz CT molecular complexity index is 1230. The van der Waals surface area contributed by atoms with E-state index in [0.29, 0.717) is 22.6 Å². The number of carbonyl (C=O) groups excluding carboxylic acids is 3. The van der Waals surface area contributed by atoms with Gasteiger partial charge in [-0.05, 0) is 43.3 Å². The topological polar surface area (TPSA) is 117 Å². The summed E-state index contributed by atoms with van der Waals surface area (Å²) in [7, 11) is 0. The van der Waals surface area contributed by atoms with Gasteiger partial charge in [-0.25, -0.2) is 14.5 Å². The summed E-state index contributed by atoms with van der Waals surface area (Å²) >= 11 is 0. The number of amides is 2. The summed E-state index contributed by atoms with van der Waals surface area (Å²) in [6.07, 6.45) is 0.287. The quantitative estimate of drug-likeness (QED) is 0.623. The molecule has 0 bridgehead atoms. The molecular weight excluding hydrogens is 410 g/mol. The summed E-state index contributed by atoms with van der Waals surface area (Å²) in [5.41, 5.74) is 5.35. The molecule has 3 aromatic rings. The largest absolute Gasteiger partial charge is 0.456 e. The molecule has 0 radical (unpaired) electrons. The number of nitrogens with zero attached hydrogens (tertiary/aromatic N) is 4. The number of hydrogen-bond acceptors (Lipinski definition) is 6. The van der Waals surface area contributed by atoms with E-state index in [2.05, 4.69) is 16.6 Å². The van der Waals surface area contributed by atoms with Crippen molar-refractivity contribution in [3.05, 3.63) is 77.1 Å². The first kappa shape index (κ1) is 20.8. The van der Waals surface area contributed by atoms with E-state index >= 15 is 0 Å². The van der Waals surface area contributed by atoms with Crippen molar-refractivity contribution in [1.82, 2.24) is 15.2 Å². The van der Waals surface area contributed by atoms with E-state index in [9.17, 15) is 19.6 Å². The van der Waals surface area contributed by atoms with Gasteiger partial charge in [0.25, 0.3) is 0 Å². The Morgan fingerprint density at radius 3 is 2.50 bits per heavy atom. The number of nitriles is 1. The molecule has 160 valence electrons. The zero-order valence-electron chi connectivity index (χ0n) is 17.2. The zero-order chi connectivity index (χ0) is 22.7. The van der Waals surface area contributed by atoms with Gasteiger partial charge >= 0.3 is 5.97 Å². The molecule has 1 N–H and O–H groups in total. The summed E-state index contributed by atoms with van der Waals surface area (Å²) in [6.45, 7) is 1.59. The van der Waals surface area contributed by atoms with Gasteiger partial charge in [-0.1, -0.05) is 18.2 Å². The molecule has 4 rings (SSSR count). The zero-order valence-corrected chi connectivity index (χ0v) is 17.2. The Hall–Kier alpha value is -4.45. The SMILES string of the molecule is Cc1nn(-c2ccccc2)c(COC(=O)c2ccc(N3NC(=O)CCC3=O)cc2)c1C#N. The Morgan fingerprint density at radius 1 is 1.09 bits per heavy atom. The van der Waals surface area contributed by atoms with Gasteiger partial charge in [-0.15, -0.1) is 0 Å². The third kappa shape index (κ3) is 4.06. The van der Waals surface area contributed by atoms with Crippen LogP contribution in [0.5, 0.6) is 0 Å². The Labute approximate surface area is 183 Å². The summed E-state index contributed by atoms with van der Waals surface area (Å²) in [4.78, 5) is 36.2. The monoisotopic (exact) mass is 429 g/mol. The number of ether oxygens (including phenoxy) is 1. The fourth-order valence-electron chi connectivity index (χ4n) is 3.38. The number of hydrazine groups is 1. The number of aryl methyl sites for hydroxylation is 1. The lowest BCUT2D eigenvalue weighted by Crippen LogP contribution is -2.50. The van der Waals surface area contributed by atoms with E-state index in [4.69, 9.17) is 4.74 Å². The van der Waals surface area contributed by atoms with Crippen LogP contribution >= 0.6 is 0 Å². The second-order valence-corrected chi connectivity index (χ2v) is 7.15. The van der Waals surface area contributed by atoms with Crippen LogP contribution in [0.1, 0.15) is 40.2 Å². The summed E-state index contributed by atoms with van der Waals surface area (Å²) < 4.78 is 7.05. The number of para-hydroxylation sites is 1. The number of esters is 1. The van der Waals surface area contributed by atoms with E-state index in [-0.39, 0.29) is 36.8 Å².